The zero-order chi connectivity index (χ0) is 14.1. The monoisotopic (exact) mass is 290 g/mol. The molecule has 0 atom stereocenters. The molecule has 1 aliphatic rings. The Labute approximate surface area is 121 Å². The fourth-order valence-corrected chi connectivity index (χ4v) is 2.71. The summed E-state index contributed by atoms with van der Waals surface area (Å²) < 4.78 is 1.90. The first-order chi connectivity index (χ1) is 9.63. The van der Waals surface area contributed by atoms with Crippen LogP contribution in [-0.2, 0) is 16.1 Å². The van der Waals surface area contributed by atoms with Gasteiger partial charge in [-0.1, -0.05) is 17.7 Å². The van der Waals surface area contributed by atoms with Crippen molar-refractivity contribution in [2.45, 2.75) is 19.4 Å². The van der Waals surface area contributed by atoms with E-state index in [0.717, 1.165) is 10.9 Å². The molecule has 1 aromatic heterocycles. The molecule has 1 aliphatic heterocycles. The van der Waals surface area contributed by atoms with E-state index in [-0.39, 0.29) is 18.2 Å². The highest BCUT2D eigenvalue weighted by atomic mass is 35.5. The lowest BCUT2D eigenvalue weighted by Gasteiger charge is -2.26. The lowest BCUT2D eigenvalue weighted by Crippen LogP contribution is -2.40. The molecule has 20 heavy (non-hydrogen) atoms. The van der Waals surface area contributed by atoms with Gasteiger partial charge >= 0.3 is 0 Å². The van der Waals surface area contributed by atoms with Gasteiger partial charge in [0.15, 0.2) is 0 Å². The first-order valence-corrected chi connectivity index (χ1v) is 7.05. The summed E-state index contributed by atoms with van der Waals surface area (Å²) in [7, 11) is 0. The Balaban J connectivity index is 1.77. The van der Waals surface area contributed by atoms with Crippen LogP contribution in [0.4, 0.5) is 0 Å². The third-order valence-corrected chi connectivity index (χ3v) is 3.95. The summed E-state index contributed by atoms with van der Waals surface area (Å²) in [5.41, 5.74) is 0.957. The van der Waals surface area contributed by atoms with Crippen molar-refractivity contribution in [1.82, 2.24) is 9.47 Å². The maximum atomic E-state index is 12.3. The molecule has 0 bridgehead atoms. The number of fused-ring (bicyclic) bond motifs is 1. The molecule has 1 amide bonds. The van der Waals surface area contributed by atoms with Crippen LogP contribution in [0.2, 0.25) is 5.02 Å². The number of likely N-dealkylation sites (tertiary alicyclic amines) is 1. The molecule has 1 aromatic carbocycles. The van der Waals surface area contributed by atoms with Gasteiger partial charge < -0.3 is 9.47 Å². The molecule has 104 valence electrons. The van der Waals surface area contributed by atoms with Crippen LogP contribution >= 0.6 is 11.6 Å². The zero-order valence-corrected chi connectivity index (χ0v) is 11.8. The van der Waals surface area contributed by atoms with E-state index >= 15 is 0 Å². The second-order valence-corrected chi connectivity index (χ2v) is 5.50. The zero-order valence-electron chi connectivity index (χ0n) is 11.0. The first kappa shape index (κ1) is 13.2. The summed E-state index contributed by atoms with van der Waals surface area (Å²) in [5.74, 6) is 0.294. The molecule has 1 fully saturated rings. The fourth-order valence-electron chi connectivity index (χ4n) is 2.55. The van der Waals surface area contributed by atoms with Crippen molar-refractivity contribution < 1.29 is 9.59 Å². The lowest BCUT2D eigenvalue weighted by molar-refractivity contribution is -0.135. The van der Waals surface area contributed by atoms with Gasteiger partial charge in [-0.15, -0.1) is 0 Å². The van der Waals surface area contributed by atoms with Crippen LogP contribution in [0.1, 0.15) is 12.8 Å². The summed E-state index contributed by atoms with van der Waals surface area (Å²) in [5, 5.41) is 1.73. The first-order valence-electron chi connectivity index (χ1n) is 6.67. The Hall–Kier alpha value is -1.81. The topological polar surface area (TPSA) is 42.3 Å². The molecule has 2 aromatic rings. The molecule has 2 heterocycles. The molecule has 0 unspecified atom stereocenters. The van der Waals surface area contributed by atoms with E-state index in [4.69, 9.17) is 11.6 Å². The molecule has 1 saturated heterocycles. The maximum absolute atomic E-state index is 12.3. The summed E-state index contributed by atoms with van der Waals surface area (Å²) >= 11 is 6.00. The number of rotatable bonds is 2. The number of hydrogen-bond donors (Lipinski definition) is 0. The lowest BCUT2D eigenvalue weighted by atomic mass is 10.1. The van der Waals surface area contributed by atoms with Crippen molar-refractivity contribution >= 4 is 34.2 Å². The molecule has 5 heteroatoms. The number of piperidine rings is 1. The number of carbonyl (C=O) groups excluding carboxylic acids is 2. The normalized spacial score (nSPS) is 15.8. The molecule has 0 spiro atoms. The molecule has 0 aliphatic carbocycles. The molecular formula is C15H15ClN2O2. The minimum atomic E-state index is 0.0509. The summed E-state index contributed by atoms with van der Waals surface area (Å²) in [6.07, 6.45) is 2.85. The van der Waals surface area contributed by atoms with E-state index in [1.165, 1.54) is 0 Å². The van der Waals surface area contributed by atoms with E-state index in [2.05, 4.69) is 0 Å². The average Bonchev–Trinajstić information content (AvgIpc) is 2.82. The number of aromatic nitrogens is 1. The van der Waals surface area contributed by atoms with Gasteiger partial charge in [-0.2, -0.15) is 0 Å². The van der Waals surface area contributed by atoms with E-state index in [0.29, 0.717) is 31.0 Å². The van der Waals surface area contributed by atoms with Crippen LogP contribution in [0.5, 0.6) is 0 Å². The average molecular weight is 291 g/mol. The van der Waals surface area contributed by atoms with Gasteiger partial charge in [0.05, 0.1) is 0 Å². The number of Topliss-reactive ketones (excluding diaryl/α,β-unsaturated/α-hetero) is 1. The van der Waals surface area contributed by atoms with E-state index in [9.17, 15) is 9.59 Å². The number of benzene rings is 1. The Morgan fingerprint density at radius 2 is 1.95 bits per heavy atom. The summed E-state index contributed by atoms with van der Waals surface area (Å²) in [6.45, 7) is 1.37. The number of ketones is 1. The quantitative estimate of drug-likeness (QED) is 0.853. The minimum absolute atomic E-state index is 0.0509. The molecule has 0 radical (unpaired) electrons. The van der Waals surface area contributed by atoms with Crippen molar-refractivity contribution in [3.8, 4) is 0 Å². The number of halogens is 1. The van der Waals surface area contributed by atoms with Gasteiger partial charge in [-0.3, -0.25) is 9.59 Å². The van der Waals surface area contributed by atoms with Crippen molar-refractivity contribution in [3.63, 3.8) is 0 Å². The van der Waals surface area contributed by atoms with Gasteiger partial charge in [0, 0.05) is 42.7 Å². The van der Waals surface area contributed by atoms with Crippen molar-refractivity contribution in [2.75, 3.05) is 13.1 Å². The Morgan fingerprint density at radius 3 is 2.70 bits per heavy atom. The van der Waals surface area contributed by atoms with Crippen molar-refractivity contribution in [2.24, 2.45) is 0 Å². The number of amides is 1. The Bertz CT molecular complexity index is 668. The predicted octanol–water partition coefficient (Wildman–Crippen LogP) is 2.49. The second kappa shape index (κ2) is 5.29. The number of carbonyl (C=O) groups is 2. The van der Waals surface area contributed by atoms with Gasteiger partial charge in [0.2, 0.25) is 5.91 Å². The van der Waals surface area contributed by atoms with Crippen LogP contribution in [0, 0.1) is 0 Å². The smallest absolute Gasteiger partial charge is 0.242 e. The maximum Gasteiger partial charge on any atom is 0.242 e. The largest absolute Gasteiger partial charge is 0.340 e. The van der Waals surface area contributed by atoms with Crippen LogP contribution in [0.15, 0.2) is 30.5 Å². The number of nitrogens with zero attached hydrogens (tertiary/aromatic N) is 2. The molecular weight excluding hydrogens is 276 g/mol. The summed E-state index contributed by atoms with van der Waals surface area (Å²) in [4.78, 5) is 25.2. The van der Waals surface area contributed by atoms with Gasteiger partial charge in [0.1, 0.15) is 12.3 Å². The number of hydrogen-bond acceptors (Lipinski definition) is 2. The SMILES string of the molecule is O=C1CCN(C(=O)Cn2ccc3ccc(Cl)cc32)CC1. The predicted molar refractivity (Wildman–Crippen MR) is 77.8 cm³/mol. The third-order valence-electron chi connectivity index (χ3n) is 3.72. The minimum Gasteiger partial charge on any atom is -0.340 e. The fraction of sp³-hybridized carbons (Fsp3) is 0.333. The standard InChI is InChI=1S/C15H15ClN2O2/c16-12-2-1-11-3-6-18(14(11)9-12)10-15(20)17-7-4-13(19)5-8-17/h1-3,6,9H,4-5,7-8,10H2. The summed E-state index contributed by atoms with van der Waals surface area (Å²) in [6, 6.07) is 7.62. The highest BCUT2D eigenvalue weighted by molar-refractivity contribution is 6.31. The van der Waals surface area contributed by atoms with Crippen LogP contribution < -0.4 is 0 Å². The van der Waals surface area contributed by atoms with Crippen LogP contribution in [0.3, 0.4) is 0 Å². The highest BCUT2D eigenvalue weighted by Gasteiger charge is 2.21. The Morgan fingerprint density at radius 1 is 1.20 bits per heavy atom. The van der Waals surface area contributed by atoms with Gasteiger partial charge in [0.25, 0.3) is 0 Å². The highest BCUT2D eigenvalue weighted by Crippen LogP contribution is 2.20. The molecule has 4 nitrogen and oxygen atoms in total. The third kappa shape index (κ3) is 2.56. The van der Waals surface area contributed by atoms with Crippen LogP contribution in [0.25, 0.3) is 10.9 Å². The van der Waals surface area contributed by atoms with E-state index in [1.54, 1.807) is 4.90 Å². The molecule has 0 saturated carbocycles. The van der Waals surface area contributed by atoms with Gasteiger partial charge in [-0.25, -0.2) is 0 Å². The van der Waals surface area contributed by atoms with Gasteiger partial charge in [-0.05, 0) is 23.6 Å². The van der Waals surface area contributed by atoms with E-state index < -0.39 is 0 Å². The van der Waals surface area contributed by atoms with E-state index in [1.807, 2.05) is 35.0 Å². The van der Waals surface area contributed by atoms with Crippen molar-refractivity contribution in [3.05, 3.63) is 35.5 Å². The molecule has 3 rings (SSSR count). The Kier molecular flexibility index (Phi) is 3.49. The van der Waals surface area contributed by atoms with Crippen molar-refractivity contribution in [1.29, 1.82) is 0 Å². The van der Waals surface area contributed by atoms with Crippen LogP contribution in [-0.4, -0.2) is 34.2 Å². The molecule has 0 N–H and O–H groups in total. The second-order valence-electron chi connectivity index (χ2n) is 5.07.